The van der Waals surface area contributed by atoms with Gasteiger partial charge in [0.25, 0.3) is 17.4 Å². The molecule has 10 heteroatoms. The average molecular weight is 420 g/mol. The number of rotatable bonds is 6. The monoisotopic (exact) mass is 420 g/mol. The number of H-pyrrole nitrogens is 1. The minimum atomic E-state index is -0.568. The first-order valence-electron chi connectivity index (χ1n) is 8.87. The molecular formula is C20H16N6O3S. The Morgan fingerprint density at radius 2 is 1.97 bits per heavy atom. The molecule has 9 nitrogen and oxygen atoms in total. The summed E-state index contributed by atoms with van der Waals surface area (Å²) in [6, 6.07) is 13.6. The van der Waals surface area contributed by atoms with Gasteiger partial charge in [0.05, 0.1) is 12.2 Å². The van der Waals surface area contributed by atoms with Crippen LogP contribution in [-0.2, 0) is 6.54 Å². The Morgan fingerprint density at radius 1 is 1.17 bits per heavy atom. The number of carbonyl (C=O) groups excluding carboxylic acids is 2. The van der Waals surface area contributed by atoms with Gasteiger partial charge in [-0.1, -0.05) is 30.3 Å². The molecule has 0 aliphatic rings. The second-order valence-corrected chi connectivity index (χ2v) is 7.22. The van der Waals surface area contributed by atoms with E-state index in [1.807, 2.05) is 30.3 Å². The minimum absolute atomic E-state index is 0.0972. The number of hydrogen-bond acceptors (Lipinski definition) is 6. The van der Waals surface area contributed by atoms with Gasteiger partial charge in [0.15, 0.2) is 5.13 Å². The molecule has 4 N–H and O–H groups in total. The largest absolute Gasteiger partial charge is 0.364 e. The van der Waals surface area contributed by atoms with Crippen molar-refractivity contribution in [2.45, 2.75) is 6.54 Å². The van der Waals surface area contributed by atoms with Gasteiger partial charge in [0, 0.05) is 23.2 Å². The maximum absolute atomic E-state index is 12.6. The van der Waals surface area contributed by atoms with Crippen LogP contribution in [0, 0.1) is 0 Å². The molecule has 3 heterocycles. The number of benzene rings is 1. The number of aromatic amines is 1. The summed E-state index contributed by atoms with van der Waals surface area (Å²) in [6.45, 7) is 0.262. The van der Waals surface area contributed by atoms with Gasteiger partial charge in [-0.05, 0) is 17.7 Å². The van der Waals surface area contributed by atoms with E-state index in [0.29, 0.717) is 16.4 Å². The van der Waals surface area contributed by atoms with Crippen LogP contribution in [0.5, 0.6) is 0 Å². The molecule has 4 rings (SSSR count). The predicted molar refractivity (Wildman–Crippen MR) is 112 cm³/mol. The molecule has 2 amide bonds. The van der Waals surface area contributed by atoms with Crippen molar-refractivity contribution >= 4 is 28.3 Å². The highest BCUT2D eigenvalue weighted by Crippen LogP contribution is 2.25. The third kappa shape index (κ3) is 4.18. The van der Waals surface area contributed by atoms with Gasteiger partial charge in [0.2, 0.25) is 0 Å². The van der Waals surface area contributed by atoms with Crippen LogP contribution in [-0.4, -0.2) is 31.6 Å². The van der Waals surface area contributed by atoms with Crippen LogP contribution in [0.2, 0.25) is 0 Å². The van der Waals surface area contributed by atoms with Gasteiger partial charge in [-0.2, -0.15) is 5.10 Å². The first-order valence-corrected chi connectivity index (χ1v) is 9.75. The van der Waals surface area contributed by atoms with E-state index in [4.69, 9.17) is 5.73 Å². The molecule has 150 valence electrons. The number of anilines is 1. The lowest BCUT2D eigenvalue weighted by atomic mass is 10.2. The number of thiazole rings is 1. The van der Waals surface area contributed by atoms with Gasteiger partial charge in [-0.15, -0.1) is 11.3 Å². The Hall–Kier alpha value is -4.05. The summed E-state index contributed by atoms with van der Waals surface area (Å²) >= 11 is 1.23. The number of primary amides is 1. The van der Waals surface area contributed by atoms with Gasteiger partial charge >= 0.3 is 0 Å². The van der Waals surface area contributed by atoms with Crippen LogP contribution < -0.4 is 16.6 Å². The lowest BCUT2D eigenvalue weighted by Crippen LogP contribution is -2.26. The fourth-order valence-electron chi connectivity index (χ4n) is 2.75. The second-order valence-electron chi connectivity index (χ2n) is 6.36. The summed E-state index contributed by atoms with van der Waals surface area (Å²) in [7, 11) is 0. The topological polar surface area (TPSA) is 136 Å². The van der Waals surface area contributed by atoms with E-state index in [0.717, 1.165) is 5.56 Å². The number of nitrogens with one attached hydrogen (secondary N) is 2. The average Bonchev–Trinajstić information content (AvgIpc) is 3.40. The third-order valence-corrected chi connectivity index (χ3v) is 5.00. The van der Waals surface area contributed by atoms with Gasteiger partial charge in [-0.3, -0.25) is 19.7 Å². The maximum atomic E-state index is 12.6. The number of aromatic nitrogens is 4. The van der Waals surface area contributed by atoms with Crippen molar-refractivity contribution in [3.8, 4) is 11.3 Å². The second kappa shape index (κ2) is 8.13. The van der Waals surface area contributed by atoms with Crippen molar-refractivity contribution in [1.29, 1.82) is 0 Å². The van der Waals surface area contributed by atoms with E-state index in [2.05, 4.69) is 20.4 Å². The Morgan fingerprint density at radius 3 is 2.70 bits per heavy atom. The number of amides is 2. The molecule has 0 radical (unpaired) electrons. The van der Waals surface area contributed by atoms with E-state index >= 15 is 0 Å². The van der Waals surface area contributed by atoms with E-state index in [1.165, 1.54) is 28.2 Å². The molecule has 0 bridgehead atoms. The molecule has 4 aromatic rings. The lowest BCUT2D eigenvalue weighted by molar-refractivity contribution is 0.0993. The van der Waals surface area contributed by atoms with E-state index < -0.39 is 11.8 Å². The van der Waals surface area contributed by atoms with Crippen LogP contribution in [0.15, 0.2) is 64.9 Å². The predicted octanol–water partition coefficient (Wildman–Crippen LogP) is 2.09. The molecule has 1 aromatic carbocycles. The number of nitrogens with zero attached hydrogens (tertiary/aromatic N) is 3. The summed E-state index contributed by atoms with van der Waals surface area (Å²) in [4.78, 5) is 43.0. The SMILES string of the molecule is NC(=O)c1cc(-c2csc(NC(=O)c3ccc(=O)n(Cc4ccccc4)n3)n2)c[nH]1. The molecule has 0 aliphatic carbocycles. The molecule has 30 heavy (non-hydrogen) atoms. The standard InChI is InChI=1S/C20H16N6O3S/c21-18(28)15-8-13(9-22-15)16-11-30-20(23-16)24-19(29)14-6-7-17(27)26(25-14)10-12-4-2-1-3-5-12/h1-9,11,22H,10H2,(H2,21,28)(H,23,24,29). The van der Waals surface area contributed by atoms with Crippen LogP contribution in [0.4, 0.5) is 5.13 Å². The maximum Gasteiger partial charge on any atom is 0.277 e. The number of nitrogens with two attached hydrogens (primary N) is 1. The molecule has 0 fully saturated rings. The van der Waals surface area contributed by atoms with Crippen molar-refractivity contribution in [1.82, 2.24) is 19.7 Å². The minimum Gasteiger partial charge on any atom is -0.364 e. The van der Waals surface area contributed by atoms with Crippen molar-refractivity contribution in [3.05, 3.63) is 87.4 Å². The Kier molecular flexibility index (Phi) is 5.22. The Balaban J connectivity index is 1.50. The van der Waals surface area contributed by atoms with Crippen LogP contribution in [0.3, 0.4) is 0 Å². The van der Waals surface area contributed by atoms with E-state index in [-0.39, 0.29) is 23.5 Å². The zero-order chi connectivity index (χ0) is 21.1. The zero-order valence-corrected chi connectivity index (χ0v) is 16.3. The highest BCUT2D eigenvalue weighted by atomic mass is 32.1. The summed E-state index contributed by atoms with van der Waals surface area (Å²) in [5.41, 5.74) is 7.46. The van der Waals surface area contributed by atoms with E-state index in [1.54, 1.807) is 17.6 Å². The molecular weight excluding hydrogens is 404 g/mol. The van der Waals surface area contributed by atoms with Crippen LogP contribution in [0.25, 0.3) is 11.3 Å². The number of hydrogen-bond donors (Lipinski definition) is 3. The quantitative estimate of drug-likeness (QED) is 0.439. The fourth-order valence-corrected chi connectivity index (χ4v) is 3.46. The first-order chi connectivity index (χ1) is 14.5. The molecule has 0 saturated carbocycles. The van der Waals surface area contributed by atoms with E-state index in [9.17, 15) is 14.4 Å². The number of carbonyl (C=O) groups is 2. The molecule has 0 atom stereocenters. The normalized spacial score (nSPS) is 10.7. The third-order valence-electron chi connectivity index (χ3n) is 4.24. The molecule has 0 saturated heterocycles. The highest BCUT2D eigenvalue weighted by Gasteiger charge is 2.14. The summed E-state index contributed by atoms with van der Waals surface area (Å²) < 4.78 is 1.24. The zero-order valence-electron chi connectivity index (χ0n) is 15.5. The highest BCUT2D eigenvalue weighted by molar-refractivity contribution is 7.14. The molecule has 0 spiro atoms. The van der Waals surface area contributed by atoms with Gasteiger partial charge in [0.1, 0.15) is 11.4 Å². The van der Waals surface area contributed by atoms with Crippen molar-refractivity contribution in [2.75, 3.05) is 5.32 Å². The summed E-state index contributed by atoms with van der Waals surface area (Å²) in [5, 5.41) is 8.95. The fraction of sp³-hybridized carbons (Fsp3) is 0.0500. The Bertz CT molecular complexity index is 1270. The molecule has 3 aromatic heterocycles. The van der Waals surface area contributed by atoms with Crippen molar-refractivity contribution in [3.63, 3.8) is 0 Å². The summed E-state index contributed by atoms with van der Waals surface area (Å²) in [5.74, 6) is -1.05. The van der Waals surface area contributed by atoms with Crippen molar-refractivity contribution < 1.29 is 9.59 Å². The Labute approximate surface area is 174 Å². The van der Waals surface area contributed by atoms with Crippen LogP contribution >= 0.6 is 11.3 Å². The smallest absolute Gasteiger partial charge is 0.277 e. The van der Waals surface area contributed by atoms with Gasteiger partial charge < -0.3 is 10.7 Å². The van der Waals surface area contributed by atoms with Crippen molar-refractivity contribution in [2.24, 2.45) is 5.73 Å². The van der Waals surface area contributed by atoms with Crippen LogP contribution in [0.1, 0.15) is 26.5 Å². The molecule has 0 aliphatic heterocycles. The lowest BCUT2D eigenvalue weighted by Gasteiger charge is -2.07. The van der Waals surface area contributed by atoms with Gasteiger partial charge in [-0.25, -0.2) is 9.67 Å². The first kappa shape index (κ1) is 19.3. The molecule has 0 unspecified atom stereocenters. The summed E-state index contributed by atoms with van der Waals surface area (Å²) in [6.07, 6.45) is 1.61.